The summed E-state index contributed by atoms with van der Waals surface area (Å²) in [5.74, 6) is 6.90. The zero-order valence-electron chi connectivity index (χ0n) is 10.3. The molecule has 1 aromatic rings. The van der Waals surface area contributed by atoms with Crippen molar-refractivity contribution in [2.75, 3.05) is 5.43 Å². The minimum atomic E-state index is 0.0985. The number of hydrogen-bond acceptors (Lipinski definition) is 4. The molecule has 16 heavy (non-hydrogen) atoms. The summed E-state index contributed by atoms with van der Waals surface area (Å²) in [7, 11) is 0. The highest BCUT2D eigenvalue weighted by Gasteiger charge is 2.11. The zero-order valence-corrected chi connectivity index (χ0v) is 10.3. The molecule has 0 saturated heterocycles. The van der Waals surface area contributed by atoms with Gasteiger partial charge in [0.2, 0.25) is 0 Å². The van der Waals surface area contributed by atoms with Gasteiger partial charge in [0.1, 0.15) is 17.2 Å². The Morgan fingerprint density at radius 3 is 1.75 bits per heavy atom. The highest BCUT2D eigenvalue weighted by molar-refractivity contribution is 5.65. The monoisotopic (exact) mass is 224 g/mol. The molecule has 0 amide bonds. The van der Waals surface area contributed by atoms with Crippen molar-refractivity contribution < 1.29 is 9.47 Å². The van der Waals surface area contributed by atoms with Gasteiger partial charge >= 0.3 is 0 Å². The highest BCUT2D eigenvalue weighted by atomic mass is 16.5. The van der Waals surface area contributed by atoms with Crippen LogP contribution in [0, 0.1) is 0 Å². The summed E-state index contributed by atoms with van der Waals surface area (Å²) in [6, 6.07) is 5.61. The van der Waals surface area contributed by atoms with Crippen LogP contribution in [0.15, 0.2) is 18.2 Å². The van der Waals surface area contributed by atoms with Crippen molar-refractivity contribution in [3.05, 3.63) is 18.2 Å². The van der Waals surface area contributed by atoms with Crippen LogP contribution in [-0.4, -0.2) is 12.2 Å². The Balaban J connectivity index is 3.00. The third-order valence-corrected chi connectivity index (χ3v) is 1.86. The standard InChI is InChI=1S/C12H20N2O2/c1-8(2)15-10-6-5-7-11(12(10)14-13)16-9(3)4/h5-9,14H,13H2,1-4H3. The van der Waals surface area contributed by atoms with Gasteiger partial charge < -0.3 is 14.9 Å². The van der Waals surface area contributed by atoms with E-state index in [4.69, 9.17) is 15.3 Å². The predicted molar refractivity (Wildman–Crippen MR) is 65.8 cm³/mol. The normalized spacial score (nSPS) is 10.7. The highest BCUT2D eigenvalue weighted by Crippen LogP contribution is 2.34. The van der Waals surface area contributed by atoms with Crippen LogP contribution in [-0.2, 0) is 0 Å². The van der Waals surface area contributed by atoms with Gasteiger partial charge in [-0.25, -0.2) is 0 Å². The van der Waals surface area contributed by atoms with Crippen molar-refractivity contribution in [1.82, 2.24) is 0 Å². The number of nitrogen functional groups attached to an aromatic ring is 1. The van der Waals surface area contributed by atoms with Crippen molar-refractivity contribution in [3.63, 3.8) is 0 Å². The number of hydrazine groups is 1. The van der Waals surface area contributed by atoms with Gasteiger partial charge in [0, 0.05) is 0 Å². The van der Waals surface area contributed by atoms with E-state index in [1.165, 1.54) is 0 Å². The van der Waals surface area contributed by atoms with Gasteiger partial charge in [-0.3, -0.25) is 5.84 Å². The average molecular weight is 224 g/mol. The molecule has 0 fully saturated rings. The first-order valence-electron chi connectivity index (χ1n) is 5.47. The quantitative estimate of drug-likeness (QED) is 0.596. The molecular weight excluding hydrogens is 204 g/mol. The molecule has 4 nitrogen and oxygen atoms in total. The summed E-state index contributed by atoms with van der Waals surface area (Å²) in [6.45, 7) is 7.87. The second kappa shape index (κ2) is 5.61. The zero-order chi connectivity index (χ0) is 12.1. The fourth-order valence-electron chi connectivity index (χ4n) is 1.36. The largest absolute Gasteiger partial charge is 0.489 e. The van der Waals surface area contributed by atoms with E-state index in [9.17, 15) is 0 Å². The average Bonchev–Trinajstić information content (AvgIpc) is 2.16. The van der Waals surface area contributed by atoms with E-state index in [1.807, 2.05) is 45.9 Å². The molecule has 1 aromatic carbocycles. The summed E-state index contributed by atoms with van der Waals surface area (Å²) in [5.41, 5.74) is 3.31. The molecule has 4 heteroatoms. The van der Waals surface area contributed by atoms with E-state index in [1.54, 1.807) is 0 Å². The summed E-state index contributed by atoms with van der Waals surface area (Å²) >= 11 is 0. The summed E-state index contributed by atoms with van der Waals surface area (Å²) in [4.78, 5) is 0. The maximum Gasteiger partial charge on any atom is 0.147 e. The molecule has 0 radical (unpaired) electrons. The van der Waals surface area contributed by atoms with Crippen molar-refractivity contribution in [2.24, 2.45) is 5.84 Å². The van der Waals surface area contributed by atoms with Crippen molar-refractivity contribution in [3.8, 4) is 11.5 Å². The minimum absolute atomic E-state index is 0.0985. The number of rotatable bonds is 5. The molecule has 0 aliphatic heterocycles. The minimum Gasteiger partial charge on any atom is -0.489 e. The van der Waals surface area contributed by atoms with Gasteiger partial charge in [0.25, 0.3) is 0 Å². The van der Waals surface area contributed by atoms with Crippen LogP contribution in [0.1, 0.15) is 27.7 Å². The van der Waals surface area contributed by atoms with E-state index in [-0.39, 0.29) is 12.2 Å². The fraction of sp³-hybridized carbons (Fsp3) is 0.500. The number of hydrogen-bond donors (Lipinski definition) is 2. The van der Waals surface area contributed by atoms with Gasteiger partial charge in [0.15, 0.2) is 0 Å². The molecule has 0 saturated carbocycles. The van der Waals surface area contributed by atoms with Crippen LogP contribution >= 0.6 is 0 Å². The Labute approximate surface area is 96.7 Å². The molecule has 90 valence electrons. The third-order valence-electron chi connectivity index (χ3n) is 1.86. The first-order valence-corrected chi connectivity index (χ1v) is 5.47. The SMILES string of the molecule is CC(C)Oc1cccc(OC(C)C)c1NN. The number of anilines is 1. The summed E-state index contributed by atoms with van der Waals surface area (Å²) < 4.78 is 11.3. The second-order valence-corrected chi connectivity index (χ2v) is 4.11. The van der Waals surface area contributed by atoms with E-state index >= 15 is 0 Å². The molecule has 3 N–H and O–H groups in total. The van der Waals surface area contributed by atoms with Crippen molar-refractivity contribution >= 4 is 5.69 Å². The molecule has 0 aliphatic carbocycles. The van der Waals surface area contributed by atoms with Gasteiger partial charge in [-0.2, -0.15) is 0 Å². The summed E-state index contributed by atoms with van der Waals surface area (Å²) in [5, 5.41) is 0. The topological polar surface area (TPSA) is 56.5 Å². The molecular formula is C12H20N2O2. The Kier molecular flexibility index (Phi) is 4.43. The Hall–Kier alpha value is -1.42. The predicted octanol–water partition coefficient (Wildman–Crippen LogP) is 2.55. The molecule has 0 spiro atoms. The van der Waals surface area contributed by atoms with Gasteiger partial charge in [0.05, 0.1) is 12.2 Å². The van der Waals surface area contributed by atoms with Crippen LogP contribution in [0.5, 0.6) is 11.5 Å². The van der Waals surface area contributed by atoms with Gasteiger partial charge in [-0.05, 0) is 39.8 Å². The molecule has 0 unspecified atom stereocenters. The smallest absolute Gasteiger partial charge is 0.147 e. The van der Waals surface area contributed by atoms with Crippen LogP contribution in [0.4, 0.5) is 5.69 Å². The van der Waals surface area contributed by atoms with Gasteiger partial charge in [-0.1, -0.05) is 6.07 Å². The summed E-state index contributed by atoms with van der Waals surface area (Å²) in [6.07, 6.45) is 0.197. The van der Waals surface area contributed by atoms with Crippen LogP contribution in [0.25, 0.3) is 0 Å². The van der Waals surface area contributed by atoms with E-state index in [2.05, 4.69) is 5.43 Å². The van der Waals surface area contributed by atoms with Crippen LogP contribution < -0.4 is 20.7 Å². The fourth-order valence-corrected chi connectivity index (χ4v) is 1.36. The lowest BCUT2D eigenvalue weighted by Gasteiger charge is -2.18. The van der Waals surface area contributed by atoms with Crippen LogP contribution in [0.2, 0.25) is 0 Å². The lowest BCUT2D eigenvalue weighted by atomic mass is 10.2. The molecule has 0 atom stereocenters. The molecule has 0 aliphatic rings. The molecule has 0 aromatic heterocycles. The Bertz CT molecular complexity index is 310. The number of ether oxygens (including phenoxy) is 2. The molecule has 0 heterocycles. The Morgan fingerprint density at radius 2 is 1.44 bits per heavy atom. The van der Waals surface area contributed by atoms with Gasteiger partial charge in [-0.15, -0.1) is 0 Å². The number of para-hydroxylation sites is 1. The van der Waals surface area contributed by atoms with Crippen molar-refractivity contribution in [2.45, 2.75) is 39.9 Å². The molecule has 0 bridgehead atoms. The number of benzene rings is 1. The maximum absolute atomic E-state index is 5.64. The first-order chi connectivity index (χ1) is 7.54. The van der Waals surface area contributed by atoms with Crippen LogP contribution in [0.3, 0.4) is 0 Å². The third kappa shape index (κ3) is 3.31. The first kappa shape index (κ1) is 12.6. The van der Waals surface area contributed by atoms with E-state index < -0.39 is 0 Å². The molecule has 1 rings (SSSR count). The number of nitrogens with one attached hydrogen (secondary N) is 1. The lowest BCUT2D eigenvalue weighted by molar-refractivity contribution is 0.231. The van der Waals surface area contributed by atoms with E-state index in [0.717, 1.165) is 0 Å². The Morgan fingerprint density at radius 1 is 1.00 bits per heavy atom. The maximum atomic E-state index is 5.64. The van der Waals surface area contributed by atoms with Crippen molar-refractivity contribution in [1.29, 1.82) is 0 Å². The second-order valence-electron chi connectivity index (χ2n) is 4.11. The number of nitrogens with two attached hydrogens (primary N) is 1. The lowest BCUT2D eigenvalue weighted by Crippen LogP contribution is -2.15. The van der Waals surface area contributed by atoms with E-state index in [0.29, 0.717) is 17.2 Å².